The van der Waals surface area contributed by atoms with E-state index in [0.717, 1.165) is 97.8 Å². The van der Waals surface area contributed by atoms with Crippen LogP contribution in [0.1, 0.15) is 119 Å². The van der Waals surface area contributed by atoms with Crippen LogP contribution < -0.4 is 10.6 Å². The molecule has 0 radical (unpaired) electrons. The summed E-state index contributed by atoms with van der Waals surface area (Å²) in [5, 5.41) is 36.6. The van der Waals surface area contributed by atoms with Gasteiger partial charge in [0.05, 0.1) is 25.2 Å². The number of aryl methyl sites for hydroxylation is 6. The quantitative estimate of drug-likeness (QED) is 0.176. The minimum Gasteiger partial charge on any atom is -0.632 e. The third-order valence-electron chi connectivity index (χ3n) is 13.0. The summed E-state index contributed by atoms with van der Waals surface area (Å²) >= 11 is 0. The fourth-order valence-corrected chi connectivity index (χ4v) is 10.7. The van der Waals surface area contributed by atoms with Crippen molar-refractivity contribution < 1.29 is 18.9 Å². The number of carbonyl (C=O) groups excluding carboxylic acids is 2. The number of carbonyl (C=O) groups is 2. The molecule has 0 unspecified atom stereocenters. The topological polar surface area (TPSA) is 104 Å². The lowest BCUT2D eigenvalue weighted by atomic mass is 9.98. The van der Waals surface area contributed by atoms with E-state index in [4.69, 9.17) is 0 Å². The average molecular weight is 673 g/mol. The third-order valence-corrected chi connectivity index (χ3v) is 13.0. The van der Waals surface area contributed by atoms with Crippen molar-refractivity contribution in [3.8, 4) is 0 Å². The van der Waals surface area contributed by atoms with Gasteiger partial charge in [0.1, 0.15) is 0 Å². The molecule has 2 N–H and O–H groups in total. The maximum absolute atomic E-state index is 15.1. The minimum atomic E-state index is -0.676. The van der Waals surface area contributed by atoms with Crippen LogP contribution in [0.5, 0.6) is 0 Å². The molecule has 8 nitrogen and oxygen atoms in total. The van der Waals surface area contributed by atoms with E-state index in [1.165, 1.54) is 11.1 Å². The van der Waals surface area contributed by atoms with Gasteiger partial charge in [0.15, 0.2) is 12.1 Å². The molecular weight excluding hydrogens is 612 g/mol. The Hall–Kier alpha value is -2.78. The Morgan fingerprint density at radius 2 is 0.980 bits per heavy atom. The predicted molar refractivity (Wildman–Crippen MR) is 198 cm³/mol. The monoisotopic (exact) mass is 672 g/mol. The van der Waals surface area contributed by atoms with Crippen molar-refractivity contribution in [2.75, 3.05) is 23.7 Å². The van der Waals surface area contributed by atoms with Crippen LogP contribution in [0.25, 0.3) is 0 Å². The number of nitrogens with zero attached hydrogens (tertiary/aromatic N) is 2. The molecule has 0 aromatic heterocycles. The van der Waals surface area contributed by atoms with Gasteiger partial charge in [0.25, 0.3) is 11.8 Å². The Morgan fingerprint density at radius 3 is 1.31 bits per heavy atom. The number of anilines is 2. The van der Waals surface area contributed by atoms with Crippen LogP contribution in [0.15, 0.2) is 24.3 Å². The van der Waals surface area contributed by atoms with Gasteiger partial charge in [-0.1, -0.05) is 63.1 Å². The average Bonchev–Trinajstić information content (AvgIpc) is 3.86. The van der Waals surface area contributed by atoms with E-state index in [1.54, 1.807) is 0 Å². The second-order valence-electron chi connectivity index (χ2n) is 15.8. The van der Waals surface area contributed by atoms with E-state index in [9.17, 15) is 9.59 Å². The number of amides is 2. The Balaban J connectivity index is 1.21. The van der Waals surface area contributed by atoms with E-state index < -0.39 is 21.4 Å². The SMILES string of the molecule is CCc1cc(C)cc(CC)c1NC(=O)[C@@H]1C[C@@H]2CCC[C@@H]2[N@@+]1([O-])CCC[N@@+]1([O-])[C@H](C(=O)Nc2c(CC)cc(C)cc2CC)C[C@@H]2CCC[C@@H]21. The van der Waals surface area contributed by atoms with E-state index >= 15 is 10.4 Å². The zero-order chi connectivity index (χ0) is 35.1. The molecule has 4 fully saturated rings. The van der Waals surface area contributed by atoms with Gasteiger partial charge in [0, 0.05) is 55.3 Å². The van der Waals surface area contributed by atoms with Gasteiger partial charge in [-0.3, -0.25) is 9.59 Å². The van der Waals surface area contributed by atoms with E-state index in [0.29, 0.717) is 19.3 Å². The highest BCUT2D eigenvalue weighted by molar-refractivity contribution is 5.96. The zero-order valence-electron chi connectivity index (χ0n) is 30.9. The zero-order valence-corrected chi connectivity index (χ0v) is 30.9. The molecule has 0 bridgehead atoms. The summed E-state index contributed by atoms with van der Waals surface area (Å²) in [6.45, 7) is 13.1. The number of hydrogen-bond donors (Lipinski definition) is 2. The van der Waals surface area contributed by atoms with Crippen LogP contribution in [0.4, 0.5) is 11.4 Å². The molecule has 2 aliphatic heterocycles. The third kappa shape index (κ3) is 6.59. The summed E-state index contributed by atoms with van der Waals surface area (Å²) < 4.78 is -1.06. The van der Waals surface area contributed by atoms with Crippen molar-refractivity contribution in [1.29, 1.82) is 0 Å². The fraction of sp³-hybridized carbons (Fsp3) is 0.659. The van der Waals surface area contributed by atoms with Crippen molar-refractivity contribution in [1.82, 2.24) is 0 Å². The van der Waals surface area contributed by atoms with E-state index in [-0.39, 0.29) is 48.8 Å². The summed E-state index contributed by atoms with van der Waals surface area (Å²) in [5.74, 6) is 0.152. The Bertz CT molecular complexity index is 1390. The molecular formula is C41H60N4O4. The molecule has 0 spiro atoms. The first-order valence-corrected chi connectivity index (χ1v) is 19.5. The lowest BCUT2D eigenvalue weighted by Gasteiger charge is -2.51. The van der Waals surface area contributed by atoms with Crippen molar-refractivity contribution in [2.45, 2.75) is 149 Å². The van der Waals surface area contributed by atoms with Gasteiger partial charge in [0.2, 0.25) is 0 Å². The number of likely N-dealkylation sites (tertiary alicyclic amines) is 2. The lowest BCUT2D eigenvalue weighted by Crippen LogP contribution is -2.60. The molecule has 2 saturated carbocycles. The highest BCUT2D eigenvalue weighted by atomic mass is 16.6. The van der Waals surface area contributed by atoms with Crippen molar-refractivity contribution in [3.63, 3.8) is 0 Å². The molecule has 2 aromatic carbocycles. The second kappa shape index (κ2) is 14.5. The molecule has 2 amide bonds. The first-order chi connectivity index (χ1) is 23.5. The number of nitrogens with one attached hydrogen (secondary N) is 2. The summed E-state index contributed by atoms with van der Waals surface area (Å²) in [6, 6.07) is 7.01. The van der Waals surface area contributed by atoms with Crippen LogP contribution in [-0.4, -0.2) is 58.4 Å². The molecule has 2 heterocycles. The van der Waals surface area contributed by atoms with Crippen molar-refractivity contribution in [2.24, 2.45) is 11.8 Å². The Labute approximate surface area is 294 Å². The number of fused-ring (bicyclic) bond motifs is 2. The fourth-order valence-electron chi connectivity index (χ4n) is 10.7. The molecule has 2 aromatic rings. The number of quaternary nitrogens is 2. The van der Waals surface area contributed by atoms with Crippen LogP contribution in [0, 0.1) is 36.1 Å². The van der Waals surface area contributed by atoms with Gasteiger partial charge in [-0.25, -0.2) is 0 Å². The molecule has 8 heteroatoms. The standard InChI is InChI=1S/C41H60N4O4/c1-7-28-20-26(5)21-29(8-2)38(28)42-40(46)36-24-32-14-11-16-34(32)44(36,48)18-13-19-45(49)35-17-12-15-33(35)25-37(45)41(47)43-39-30(9-3)22-27(6)23-31(39)10-4/h20-23,32-37H,7-19,24-25H2,1-6H3,(H,42,46)(H,43,47)/t32-,33-,34-,35-,36-,37-,44-,45-/m0/s1. The van der Waals surface area contributed by atoms with Crippen molar-refractivity contribution in [3.05, 3.63) is 68.1 Å². The number of rotatable bonds is 12. The molecule has 4 aliphatic rings. The number of hydrogen-bond acceptors (Lipinski definition) is 4. The molecule has 2 saturated heterocycles. The summed E-state index contributed by atoms with van der Waals surface area (Å²) in [6.07, 6.45) is 10.6. The maximum atomic E-state index is 15.1. The van der Waals surface area contributed by atoms with Gasteiger partial charge in [-0.05, 0) is 87.5 Å². The molecule has 8 atom stereocenters. The van der Waals surface area contributed by atoms with Crippen molar-refractivity contribution >= 4 is 23.2 Å². The van der Waals surface area contributed by atoms with Gasteiger partial charge in [-0.2, -0.15) is 0 Å². The molecule has 49 heavy (non-hydrogen) atoms. The first kappa shape index (κ1) is 36.0. The number of hydroxylamine groups is 6. The second-order valence-corrected chi connectivity index (χ2v) is 15.8. The Kier molecular flexibility index (Phi) is 10.6. The Morgan fingerprint density at radius 1 is 0.633 bits per heavy atom. The van der Waals surface area contributed by atoms with Crippen LogP contribution in [0.2, 0.25) is 0 Å². The van der Waals surface area contributed by atoms with Gasteiger partial charge >= 0.3 is 0 Å². The van der Waals surface area contributed by atoms with Crippen LogP contribution in [0.3, 0.4) is 0 Å². The predicted octanol–water partition coefficient (Wildman–Crippen LogP) is 8.03. The van der Waals surface area contributed by atoms with E-state index in [2.05, 4.69) is 76.4 Å². The molecule has 6 rings (SSSR count). The highest BCUT2D eigenvalue weighted by Gasteiger charge is 2.57. The first-order valence-electron chi connectivity index (χ1n) is 19.5. The summed E-state index contributed by atoms with van der Waals surface area (Å²) in [5.41, 5.74) is 8.54. The largest absolute Gasteiger partial charge is 0.632 e. The molecule has 2 aliphatic carbocycles. The highest BCUT2D eigenvalue weighted by Crippen LogP contribution is 2.49. The maximum Gasteiger partial charge on any atom is 0.283 e. The lowest BCUT2D eigenvalue weighted by molar-refractivity contribution is -0.926. The van der Waals surface area contributed by atoms with Gasteiger partial charge < -0.3 is 30.3 Å². The molecule has 268 valence electrons. The number of benzene rings is 2. The van der Waals surface area contributed by atoms with Crippen LogP contribution in [-0.2, 0) is 35.3 Å². The van der Waals surface area contributed by atoms with E-state index in [1.807, 2.05) is 0 Å². The summed E-state index contributed by atoms with van der Waals surface area (Å²) in [7, 11) is 0. The smallest absolute Gasteiger partial charge is 0.283 e. The van der Waals surface area contributed by atoms with Gasteiger partial charge in [-0.15, -0.1) is 0 Å². The van der Waals surface area contributed by atoms with Crippen LogP contribution >= 0.6 is 0 Å². The minimum absolute atomic E-state index is 0.0940. The normalized spacial score (nSPS) is 31.9. The summed E-state index contributed by atoms with van der Waals surface area (Å²) in [4.78, 5) is 28.2.